The Morgan fingerprint density at radius 2 is 2.17 bits per heavy atom. The zero-order valence-electron chi connectivity index (χ0n) is 10.5. The Morgan fingerprint density at radius 3 is 2.78 bits per heavy atom. The first kappa shape index (κ1) is 13.7. The Labute approximate surface area is 116 Å². The molecule has 0 unspecified atom stereocenters. The van der Waals surface area contributed by atoms with Gasteiger partial charge in [0, 0.05) is 10.8 Å². The fourth-order valence-electron chi connectivity index (χ4n) is 1.87. The summed E-state index contributed by atoms with van der Waals surface area (Å²) in [4.78, 5) is 4.68. The molecule has 0 saturated carbocycles. The first-order valence-corrected chi connectivity index (χ1v) is 7.39. The van der Waals surface area contributed by atoms with Crippen LogP contribution < -0.4 is 5.32 Å². The summed E-state index contributed by atoms with van der Waals surface area (Å²) in [7, 11) is 0. The zero-order valence-corrected chi connectivity index (χ0v) is 12.0. The topological polar surface area (TPSA) is 24.4 Å². The molecule has 0 radical (unpaired) electrons. The highest BCUT2D eigenvalue weighted by molar-refractivity contribution is 8.14. The lowest BCUT2D eigenvalue weighted by atomic mass is 9.97. The fourth-order valence-corrected chi connectivity index (χ4v) is 3.36. The van der Waals surface area contributed by atoms with Crippen LogP contribution in [-0.2, 0) is 0 Å². The molecule has 0 bridgehead atoms. The van der Waals surface area contributed by atoms with Gasteiger partial charge in [-0.05, 0) is 31.0 Å². The predicted octanol–water partition coefficient (Wildman–Crippen LogP) is 4.55. The van der Waals surface area contributed by atoms with Crippen molar-refractivity contribution in [3.63, 3.8) is 0 Å². The van der Waals surface area contributed by atoms with Gasteiger partial charge in [-0.2, -0.15) is 0 Å². The van der Waals surface area contributed by atoms with Gasteiger partial charge in [0.15, 0.2) is 5.17 Å². The largest absolute Gasteiger partial charge is 0.333 e. The maximum Gasteiger partial charge on any atom is 0.161 e. The highest BCUT2D eigenvalue weighted by Crippen LogP contribution is 2.34. The van der Waals surface area contributed by atoms with E-state index in [1.807, 2.05) is 0 Å². The molecule has 0 saturated heterocycles. The number of hydrogen-bond donors (Lipinski definition) is 1. The lowest BCUT2D eigenvalue weighted by Crippen LogP contribution is -2.24. The maximum absolute atomic E-state index is 13.6. The molecule has 1 aromatic rings. The molecule has 0 spiro atoms. The first-order valence-electron chi connectivity index (χ1n) is 6.03. The summed E-state index contributed by atoms with van der Waals surface area (Å²) in [5.74, 6) is 0.637. The molecule has 18 heavy (non-hydrogen) atoms. The van der Waals surface area contributed by atoms with Crippen molar-refractivity contribution in [2.24, 2.45) is 4.99 Å². The van der Waals surface area contributed by atoms with Crippen molar-refractivity contribution in [2.75, 3.05) is 11.1 Å². The molecule has 0 fully saturated rings. The van der Waals surface area contributed by atoms with Gasteiger partial charge in [0.2, 0.25) is 0 Å². The van der Waals surface area contributed by atoms with Gasteiger partial charge in [-0.25, -0.2) is 4.39 Å². The highest BCUT2D eigenvalue weighted by Gasteiger charge is 2.32. The Morgan fingerprint density at radius 1 is 1.44 bits per heavy atom. The van der Waals surface area contributed by atoms with E-state index in [-0.39, 0.29) is 11.4 Å². The van der Waals surface area contributed by atoms with Crippen LogP contribution in [0.4, 0.5) is 10.1 Å². The summed E-state index contributed by atoms with van der Waals surface area (Å²) in [6, 6.07) is 4.48. The molecule has 5 heteroatoms. The van der Waals surface area contributed by atoms with Crippen molar-refractivity contribution < 1.29 is 4.39 Å². The number of rotatable bonds is 3. The van der Waals surface area contributed by atoms with E-state index in [9.17, 15) is 4.39 Å². The van der Waals surface area contributed by atoms with Gasteiger partial charge < -0.3 is 5.32 Å². The van der Waals surface area contributed by atoms with Gasteiger partial charge >= 0.3 is 0 Å². The van der Waals surface area contributed by atoms with Crippen molar-refractivity contribution >= 4 is 34.2 Å². The number of nitrogens with one attached hydrogen (secondary N) is 1. The summed E-state index contributed by atoms with van der Waals surface area (Å²) in [6.07, 6.45) is 2.00. The second-order valence-electron chi connectivity index (χ2n) is 4.39. The van der Waals surface area contributed by atoms with E-state index in [1.165, 1.54) is 12.1 Å². The summed E-state index contributed by atoms with van der Waals surface area (Å²) in [5.41, 5.74) is 0.388. The minimum absolute atomic E-state index is 0.00203. The van der Waals surface area contributed by atoms with Crippen LogP contribution in [0.2, 0.25) is 5.02 Å². The van der Waals surface area contributed by atoms with E-state index < -0.39 is 0 Å². The molecule has 2 rings (SSSR count). The molecule has 0 aromatic heterocycles. The molecular formula is C13H16ClFN2S. The number of amidine groups is 1. The van der Waals surface area contributed by atoms with Crippen molar-refractivity contribution in [1.82, 2.24) is 0 Å². The van der Waals surface area contributed by atoms with Crippen LogP contribution in [0.25, 0.3) is 0 Å². The van der Waals surface area contributed by atoms with Gasteiger partial charge in [0.25, 0.3) is 0 Å². The third-order valence-corrected chi connectivity index (χ3v) is 4.69. The monoisotopic (exact) mass is 286 g/mol. The number of hydrogen-bond acceptors (Lipinski definition) is 3. The van der Waals surface area contributed by atoms with E-state index >= 15 is 0 Å². The number of halogens is 2. The molecule has 1 aliphatic heterocycles. The van der Waals surface area contributed by atoms with E-state index in [4.69, 9.17) is 11.6 Å². The second kappa shape index (κ2) is 5.49. The molecule has 2 nitrogen and oxygen atoms in total. The number of benzene rings is 1. The van der Waals surface area contributed by atoms with Crippen molar-refractivity contribution in [1.29, 1.82) is 0 Å². The van der Waals surface area contributed by atoms with Crippen molar-refractivity contribution in [3.8, 4) is 0 Å². The number of aliphatic imine (C=N–C) groups is 1. The van der Waals surface area contributed by atoms with E-state index in [0.29, 0.717) is 10.7 Å². The van der Waals surface area contributed by atoms with Crippen LogP contribution in [0.5, 0.6) is 0 Å². The second-order valence-corrected chi connectivity index (χ2v) is 5.79. The fraction of sp³-hybridized carbons (Fsp3) is 0.462. The summed E-state index contributed by atoms with van der Waals surface area (Å²) in [5, 5.41) is 4.32. The lowest BCUT2D eigenvalue weighted by molar-refractivity contribution is 0.456. The predicted molar refractivity (Wildman–Crippen MR) is 78.2 cm³/mol. The smallest absolute Gasteiger partial charge is 0.161 e. The standard InChI is InChI=1S/C13H16ClFN2S/c1-3-13(4-2)8-18-12(17-13)16-11-7-9(14)5-6-10(11)15/h5-7H,3-4,8H2,1-2H3,(H,16,17). The minimum Gasteiger partial charge on any atom is -0.333 e. The van der Waals surface area contributed by atoms with Gasteiger partial charge in [-0.3, -0.25) is 4.99 Å². The molecule has 0 amide bonds. The van der Waals surface area contributed by atoms with Crippen LogP contribution in [0, 0.1) is 5.82 Å². The molecule has 0 atom stereocenters. The van der Waals surface area contributed by atoms with E-state index in [1.54, 1.807) is 17.8 Å². The summed E-state index contributed by atoms with van der Waals surface area (Å²) >= 11 is 7.50. The Bertz CT molecular complexity index is 472. The van der Waals surface area contributed by atoms with Crippen molar-refractivity contribution in [3.05, 3.63) is 29.0 Å². The van der Waals surface area contributed by atoms with E-state index in [0.717, 1.165) is 23.8 Å². The van der Waals surface area contributed by atoms with Gasteiger partial charge in [0.1, 0.15) is 5.82 Å². The Kier molecular flexibility index (Phi) is 4.17. The van der Waals surface area contributed by atoms with Crippen LogP contribution in [0.3, 0.4) is 0 Å². The number of thioether (sulfide) groups is 1. The minimum atomic E-state index is -0.312. The maximum atomic E-state index is 13.6. The first-order chi connectivity index (χ1) is 8.58. The van der Waals surface area contributed by atoms with Crippen LogP contribution in [-0.4, -0.2) is 16.5 Å². The highest BCUT2D eigenvalue weighted by atomic mass is 35.5. The Hall–Kier alpha value is -0.740. The van der Waals surface area contributed by atoms with Crippen LogP contribution in [0.15, 0.2) is 23.2 Å². The zero-order chi connectivity index (χ0) is 13.2. The molecule has 1 N–H and O–H groups in total. The SMILES string of the molecule is CCC1(CC)CSC(Nc2cc(Cl)ccc2F)=N1. The van der Waals surface area contributed by atoms with Gasteiger partial charge in [-0.1, -0.05) is 37.2 Å². The molecule has 0 aliphatic carbocycles. The van der Waals surface area contributed by atoms with Crippen LogP contribution in [0.1, 0.15) is 26.7 Å². The van der Waals surface area contributed by atoms with Gasteiger partial charge in [-0.15, -0.1) is 0 Å². The third kappa shape index (κ3) is 2.81. The average molecular weight is 287 g/mol. The van der Waals surface area contributed by atoms with E-state index in [2.05, 4.69) is 24.2 Å². The third-order valence-electron chi connectivity index (χ3n) is 3.30. The summed E-state index contributed by atoms with van der Waals surface area (Å²) < 4.78 is 13.6. The lowest BCUT2D eigenvalue weighted by Gasteiger charge is -2.20. The quantitative estimate of drug-likeness (QED) is 0.881. The molecule has 1 aromatic carbocycles. The van der Waals surface area contributed by atoms with Crippen LogP contribution >= 0.6 is 23.4 Å². The molecular weight excluding hydrogens is 271 g/mol. The Balaban J connectivity index is 2.18. The molecule has 1 aliphatic rings. The number of anilines is 1. The normalized spacial score (nSPS) is 17.7. The van der Waals surface area contributed by atoms with Crippen molar-refractivity contribution in [2.45, 2.75) is 32.2 Å². The average Bonchev–Trinajstić information content (AvgIpc) is 2.78. The number of nitrogens with zero attached hydrogens (tertiary/aromatic N) is 1. The molecule has 1 heterocycles. The van der Waals surface area contributed by atoms with Gasteiger partial charge in [0.05, 0.1) is 11.2 Å². The molecule has 98 valence electrons. The summed E-state index contributed by atoms with van der Waals surface area (Å²) in [6.45, 7) is 4.27.